The molecule has 0 aliphatic heterocycles. The van der Waals surface area contributed by atoms with Crippen LogP contribution in [-0.4, -0.2) is 5.91 Å². The van der Waals surface area contributed by atoms with Crippen LogP contribution in [0.4, 0.5) is 11.4 Å². The van der Waals surface area contributed by atoms with Crippen LogP contribution in [0.5, 0.6) is 0 Å². The summed E-state index contributed by atoms with van der Waals surface area (Å²) in [4.78, 5) is 12.2. The van der Waals surface area contributed by atoms with Gasteiger partial charge in [0.2, 0.25) is 0 Å². The van der Waals surface area contributed by atoms with Crippen LogP contribution < -0.4 is 11.1 Å². The topological polar surface area (TPSA) is 55.1 Å². The van der Waals surface area contributed by atoms with E-state index >= 15 is 0 Å². The first-order valence-electron chi connectivity index (χ1n) is 5.60. The smallest absolute Gasteiger partial charge is 0.257 e. The van der Waals surface area contributed by atoms with E-state index in [9.17, 15) is 4.79 Å². The summed E-state index contributed by atoms with van der Waals surface area (Å²) in [5.74, 6) is -0.226. The number of anilines is 2. The highest BCUT2D eigenvalue weighted by molar-refractivity contribution is 9.11. The monoisotopic (exact) mass is 382 g/mol. The number of rotatable bonds is 2. The Morgan fingerprint density at radius 3 is 2.58 bits per heavy atom. The van der Waals surface area contributed by atoms with Crippen molar-refractivity contribution in [3.63, 3.8) is 0 Å². The van der Waals surface area contributed by atoms with Crippen LogP contribution >= 0.6 is 31.9 Å². The molecule has 0 aliphatic carbocycles. The van der Waals surface area contributed by atoms with E-state index in [2.05, 4.69) is 37.2 Å². The Hall–Kier alpha value is -1.33. The molecule has 0 aliphatic rings. The lowest BCUT2D eigenvalue weighted by Crippen LogP contribution is -2.14. The van der Waals surface area contributed by atoms with Crippen molar-refractivity contribution >= 4 is 49.1 Å². The normalized spacial score (nSPS) is 10.3. The molecule has 3 nitrogen and oxygen atoms in total. The first-order chi connectivity index (χ1) is 8.97. The molecule has 0 unspecified atom stereocenters. The molecule has 0 heterocycles. The van der Waals surface area contributed by atoms with Gasteiger partial charge in [0.15, 0.2) is 0 Å². The maximum Gasteiger partial charge on any atom is 0.257 e. The minimum absolute atomic E-state index is 0.226. The lowest BCUT2D eigenvalue weighted by atomic mass is 10.1. The van der Waals surface area contributed by atoms with Gasteiger partial charge < -0.3 is 11.1 Å². The number of nitrogens with two attached hydrogens (primary N) is 1. The van der Waals surface area contributed by atoms with Gasteiger partial charge in [0.25, 0.3) is 5.91 Å². The molecule has 0 saturated carbocycles. The van der Waals surface area contributed by atoms with Crippen molar-refractivity contribution in [2.75, 3.05) is 11.1 Å². The number of hydrogen-bond acceptors (Lipinski definition) is 2. The van der Waals surface area contributed by atoms with E-state index in [1.54, 1.807) is 12.1 Å². The minimum atomic E-state index is -0.226. The van der Waals surface area contributed by atoms with Gasteiger partial charge in [0.05, 0.1) is 11.3 Å². The molecule has 2 aromatic carbocycles. The predicted molar refractivity (Wildman–Crippen MR) is 85.4 cm³/mol. The molecule has 1 amide bonds. The average molecular weight is 384 g/mol. The summed E-state index contributed by atoms with van der Waals surface area (Å²) in [6.45, 7) is 1.93. The highest BCUT2D eigenvalue weighted by Crippen LogP contribution is 2.27. The van der Waals surface area contributed by atoms with Crippen LogP contribution in [0, 0.1) is 6.92 Å². The van der Waals surface area contributed by atoms with Gasteiger partial charge in [-0.15, -0.1) is 0 Å². The number of halogens is 2. The second-order valence-electron chi connectivity index (χ2n) is 4.17. The fraction of sp³-hybridized carbons (Fsp3) is 0.0714. The van der Waals surface area contributed by atoms with Gasteiger partial charge in [-0.2, -0.15) is 0 Å². The third kappa shape index (κ3) is 3.36. The molecular weight excluding hydrogens is 372 g/mol. The summed E-state index contributed by atoms with van der Waals surface area (Å²) in [7, 11) is 0. The molecule has 19 heavy (non-hydrogen) atoms. The van der Waals surface area contributed by atoms with Crippen LogP contribution in [0.2, 0.25) is 0 Å². The molecule has 0 saturated heterocycles. The highest BCUT2D eigenvalue weighted by Gasteiger charge is 2.11. The van der Waals surface area contributed by atoms with Crippen molar-refractivity contribution in [3.05, 3.63) is 56.5 Å². The molecule has 0 bridgehead atoms. The van der Waals surface area contributed by atoms with E-state index < -0.39 is 0 Å². The van der Waals surface area contributed by atoms with E-state index in [0.29, 0.717) is 16.9 Å². The van der Waals surface area contributed by atoms with E-state index in [0.717, 1.165) is 14.5 Å². The zero-order chi connectivity index (χ0) is 14.0. The first-order valence-corrected chi connectivity index (χ1v) is 7.18. The van der Waals surface area contributed by atoms with Crippen molar-refractivity contribution in [3.8, 4) is 0 Å². The van der Waals surface area contributed by atoms with Crippen molar-refractivity contribution < 1.29 is 4.79 Å². The number of benzene rings is 2. The first kappa shape index (κ1) is 14.1. The van der Waals surface area contributed by atoms with Gasteiger partial charge in [-0.1, -0.05) is 22.0 Å². The molecule has 0 spiro atoms. The lowest BCUT2D eigenvalue weighted by Gasteiger charge is -2.10. The van der Waals surface area contributed by atoms with E-state index in [-0.39, 0.29) is 5.91 Å². The summed E-state index contributed by atoms with van der Waals surface area (Å²) < 4.78 is 1.71. The maximum atomic E-state index is 12.2. The molecule has 98 valence electrons. The fourth-order valence-electron chi connectivity index (χ4n) is 1.67. The number of hydrogen-bond donors (Lipinski definition) is 2. The molecule has 3 N–H and O–H groups in total. The van der Waals surface area contributed by atoms with Crippen LogP contribution in [0.15, 0.2) is 45.3 Å². The van der Waals surface area contributed by atoms with Gasteiger partial charge >= 0.3 is 0 Å². The highest BCUT2D eigenvalue weighted by atomic mass is 79.9. The van der Waals surface area contributed by atoms with E-state index in [1.807, 2.05) is 31.2 Å². The summed E-state index contributed by atoms with van der Waals surface area (Å²) in [6.07, 6.45) is 0. The molecule has 0 aromatic heterocycles. The van der Waals surface area contributed by atoms with Crippen LogP contribution in [0.1, 0.15) is 15.9 Å². The second kappa shape index (κ2) is 5.75. The largest absolute Gasteiger partial charge is 0.398 e. The average Bonchev–Trinajstić information content (AvgIpc) is 2.33. The Bertz CT molecular complexity index is 641. The molecule has 2 rings (SSSR count). The van der Waals surface area contributed by atoms with Crippen LogP contribution in [0.25, 0.3) is 0 Å². The van der Waals surface area contributed by atoms with Gasteiger partial charge in [0, 0.05) is 14.6 Å². The Labute approximate surface area is 128 Å². The summed E-state index contributed by atoms with van der Waals surface area (Å²) in [6, 6.07) is 10.9. The number of nitrogens with one attached hydrogen (secondary N) is 1. The molecule has 5 heteroatoms. The zero-order valence-corrected chi connectivity index (χ0v) is 13.4. The van der Waals surface area contributed by atoms with Crippen molar-refractivity contribution in [1.29, 1.82) is 0 Å². The molecule has 0 fully saturated rings. The Balaban J connectivity index is 2.28. The summed E-state index contributed by atoms with van der Waals surface area (Å²) in [5, 5.41) is 2.83. The van der Waals surface area contributed by atoms with Gasteiger partial charge in [-0.05, 0) is 58.7 Å². The van der Waals surface area contributed by atoms with Crippen molar-refractivity contribution in [2.24, 2.45) is 0 Å². The maximum absolute atomic E-state index is 12.2. The summed E-state index contributed by atoms with van der Waals surface area (Å²) in [5.41, 5.74) is 8.53. The third-order valence-corrected chi connectivity index (χ3v) is 3.81. The predicted octanol–water partition coefficient (Wildman–Crippen LogP) is 4.35. The quantitative estimate of drug-likeness (QED) is 0.757. The van der Waals surface area contributed by atoms with E-state index in [1.165, 1.54) is 0 Å². The Morgan fingerprint density at radius 1 is 1.16 bits per heavy atom. The summed E-state index contributed by atoms with van der Waals surface area (Å²) >= 11 is 6.76. The van der Waals surface area contributed by atoms with E-state index in [4.69, 9.17) is 5.73 Å². The SMILES string of the molecule is Cc1ccc(C(=O)Nc2cc(Br)ccc2Br)c(N)c1. The zero-order valence-electron chi connectivity index (χ0n) is 10.2. The second-order valence-corrected chi connectivity index (χ2v) is 5.94. The molecule has 0 atom stereocenters. The number of aryl methyl sites for hydroxylation is 1. The molecule has 0 radical (unpaired) electrons. The lowest BCUT2D eigenvalue weighted by molar-refractivity contribution is 0.102. The molecule has 2 aromatic rings. The van der Waals surface area contributed by atoms with Crippen LogP contribution in [-0.2, 0) is 0 Å². The number of amides is 1. The Morgan fingerprint density at radius 2 is 1.89 bits per heavy atom. The van der Waals surface area contributed by atoms with Crippen molar-refractivity contribution in [1.82, 2.24) is 0 Å². The number of nitrogen functional groups attached to an aromatic ring is 1. The fourth-order valence-corrected chi connectivity index (χ4v) is 2.38. The van der Waals surface area contributed by atoms with Crippen LogP contribution in [0.3, 0.4) is 0 Å². The third-order valence-electron chi connectivity index (χ3n) is 2.63. The standard InChI is InChI=1S/C14H12Br2N2O/c1-8-2-4-10(12(17)6-8)14(19)18-13-7-9(15)3-5-11(13)16/h2-7H,17H2,1H3,(H,18,19). The molecular formula is C14H12Br2N2O. The van der Waals surface area contributed by atoms with Gasteiger partial charge in [0.1, 0.15) is 0 Å². The van der Waals surface area contributed by atoms with Gasteiger partial charge in [-0.25, -0.2) is 0 Å². The van der Waals surface area contributed by atoms with Gasteiger partial charge in [-0.3, -0.25) is 4.79 Å². The van der Waals surface area contributed by atoms with Crippen molar-refractivity contribution in [2.45, 2.75) is 6.92 Å². The minimum Gasteiger partial charge on any atom is -0.398 e. The number of carbonyl (C=O) groups is 1. The number of carbonyl (C=O) groups excluding carboxylic acids is 1. The Kier molecular flexibility index (Phi) is 4.27.